The molecule has 1 heterocycles. The first-order valence-electron chi connectivity index (χ1n) is 5.82. The Balaban J connectivity index is 2.40. The van der Waals surface area contributed by atoms with Crippen LogP contribution in [-0.2, 0) is 16.6 Å². The molecule has 0 fully saturated rings. The predicted molar refractivity (Wildman–Crippen MR) is 82.1 cm³/mol. The molecule has 5 nitrogen and oxygen atoms in total. The van der Waals surface area contributed by atoms with Crippen LogP contribution in [0.3, 0.4) is 0 Å². The maximum Gasteiger partial charge on any atom is 0.301 e. The lowest BCUT2D eigenvalue weighted by molar-refractivity contribution is 0.527. The van der Waals surface area contributed by atoms with E-state index in [1.165, 1.54) is 14.1 Å². The molecule has 0 unspecified atom stereocenters. The molecule has 0 bridgehead atoms. The second-order valence-corrected chi connectivity index (χ2v) is 7.18. The number of fused-ring (bicyclic) bond motifs is 1. The summed E-state index contributed by atoms with van der Waals surface area (Å²) in [7, 11) is 1.44. The highest BCUT2D eigenvalue weighted by Gasteiger charge is 2.24. The highest BCUT2D eigenvalue weighted by molar-refractivity contribution is 7.90. The lowest BCUT2D eigenvalue weighted by Crippen LogP contribution is -2.29. The highest BCUT2D eigenvalue weighted by Crippen LogP contribution is 2.34. The molecule has 0 spiro atoms. The lowest BCUT2D eigenvalue weighted by atomic mass is 10.1. The van der Waals surface area contributed by atoms with Crippen LogP contribution in [0.15, 0.2) is 12.1 Å². The van der Waals surface area contributed by atoms with Gasteiger partial charge in [-0.05, 0) is 30.2 Å². The molecule has 19 heavy (non-hydrogen) atoms. The molecule has 0 saturated carbocycles. The normalized spacial score (nSPS) is 15.0. The van der Waals surface area contributed by atoms with E-state index in [4.69, 9.17) is 12.2 Å². The maximum atomic E-state index is 11.8. The number of hydrogen-bond acceptors (Lipinski definition) is 3. The lowest BCUT2D eigenvalue weighted by Gasteiger charge is -2.17. The van der Waals surface area contributed by atoms with E-state index in [0.29, 0.717) is 12.1 Å². The van der Waals surface area contributed by atoms with E-state index in [0.717, 1.165) is 26.1 Å². The van der Waals surface area contributed by atoms with Gasteiger partial charge in [0, 0.05) is 33.3 Å². The van der Waals surface area contributed by atoms with Crippen LogP contribution in [-0.4, -0.2) is 38.9 Å². The van der Waals surface area contributed by atoms with Gasteiger partial charge >= 0.3 is 10.2 Å². The molecule has 0 aromatic heterocycles. The van der Waals surface area contributed by atoms with Crippen molar-refractivity contribution in [1.82, 2.24) is 4.31 Å². The van der Waals surface area contributed by atoms with Crippen molar-refractivity contribution in [3.05, 3.63) is 23.3 Å². The van der Waals surface area contributed by atoms with E-state index in [-0.39, 0.29) is 0 Å². The zero-order valence-corrected chi connectivity index (χ0v) is 13.0. The van der Waals surface area contributed by atoms with Crippen molar-refractivity contribution in [2.24, 2.45) is 0 Å². The number of nitrogens with one attached hydrogen (secondary N) is 1. The Hall–Kier alpha value is -1.18. The van der Waals surface area contributed by atoms with Gasteiger partial charge in [0.25, 0.3) is 0 Å². The molecule has 104 valence electrons. The summed E-state index contributed by atoms with van der Waals surface area (Å²) in [6.07, 6.45) is 0.680. The first-order valence-corrected chi connectivity index (χ1v) is 7.67. The molecule has 1 N–H and O–H groups in total. The highest BCUT2D eigenvalue weighted by atomic mass is 32.2. The number of thiocarbonyl (C=S) groups is 1. The van der Waals surface area contributed by atoms with E-state index in [1.54, 1.807) is 0 Å². The first-order chi connectivity index (χ1) is 8.72. The third-order valence-corrected chi connectivity index (χ3v) is 5.03. The maximum absolute atomic E-state index is 11.8. The number of anilines is 2. The summed E-state index contributed by atoms with van der Waals surface area (Å²) in [6.45, 7) is 1.96. The van der Waals surface area contributed by atoms with Crippen molar-refractivity contribution >= 4 is 38.8 Å². The van der Waals surface area contributed by atoms with Crippen molar-refractivity contribution in [2.45, 2.75) is 13.3 Å². The molecule has 0 radical (unpaired) electrons. The van der Waals surface area contributed by atoms with E-state index in [1.807, 2.05) is 31.0 Å². The van der Waals surface area contributed by atoms with Gasteiger partial charge in [-0.15, -0.1) is 0 Å². The minimum absolute atomic E-state index is 0.572. The molecule has 1 aromatic carbocycles. The van der Waals surface area contributed by atoms with E-state index < -0.39 is 10.2 Å². The van der Waals surface area contributed by atoms with E-state index >= 15 is 0 Å². The Bertz CT molecular complexity index is 639. The van der Waals surface area contributed by atoms with E-state index in [2.05, 4.69) is 4.72 Å². The van der Waals surface area contributed by atoms with E-state index in [9.17, 15) is 8.42 Å². The van der Waals surface area contributed by atoms with Gasteiger partial charge in [-0.25, -0.2) is 0 Å². The Morgan fingerprint density at radius 2 is 2.00 bits per heavy atom. The molecular formula is C12H17N3O2S2. The fourth-order valence-electron chi connectivity index (χ4n) is 2.17. The molecule has 0 amide bonds. The van der Waals surface area contributed by atoms with Crippen LogP contribution in [0.5, 0.6) is 0 Å². The summed E-state index contributed by atoms with van der Waals surface area (Å²) in [4.78, 5) is 2.83. The Morgan fingerprint density at radius 3 is 2.58 bits per heavy atom. The molecule has 7 heteroatoms. The average molecular weight is 299 g/mol. The third-order valence-electron chi connectivity index (χ3n) is 3.16. The summed E-state index contributed by atoms with van der Waals surface area (Å²) in [5.74, 6) is 0. The number of nitrogens with zero attached hydrogens (tertiary/aromatic N) is 2. The molecule has 0 atom stereocenters. The zero-order chi connectivity index (χ0) is 14.4. The Kier molecular flexibility index (Phi) is 3.55. The second kappa shape index (κ2) is 4.73. The zero-order valence-electron chi connectivity index (χ0n) is 11.4. The van der Waals surface area contributed by atoms with Crippen molar-refractivity contribution in [3.8, 4) is 0 Å². The summed E-state index contributed by atoms with van der Waals surface area (Å²) in [5, 5.41) is 0. The number of likely N-dealkylation sites (N-methyl/N-ethyl adjacent to an activating group) is 1. The molecule has 1 aliphatic heterocycles. The van der Waals surface area contributed by atoms with Gasteiger partial charge < -0.3 is 4.90 Å². The Labute approximate surface area is 119 Å². The number of rotatable bonds is 3. The van der Waals surface area contributed by atoms with Gasteiger partial charge in [-0.1, -0.05) is 12.2 Å². The van der Waals surface area contributed by atoms with Gasteiger partial charge in [-0.2, -0.15) is 12.7 Å². The summed E-state index contributed by atoms with van der Waals surface area (Å²) in [5.41, 5.74) is 3.72. The fraction of sp³-hybridized carbons (Fsp3) is 0.417. The van der Waals surface area contributed by atoms with Crippen LogP contribution in [0.4, 0.5) is 11.4 Å². The summed E-state index contributed by atoms with van der Waals surface area (Å²) < 4.78 is 27.3. The second-order valence-electron chi connectivity index (χ2n) is 4.82. The first kappa shape index (κ1) is 14.2. The van der Waals surface area contributed by atoms with Gasteiger partial charge in [0.1, 0.15) is 0 Å². The van der Waals surface area contributed by atoms with Crippen LogP contribution in [0, 0.1) is 6.92 Å². The predicted octanol–water partition coefficient (Wildman–Crippen LogP) is 1.53. The SMILES string of the molecule is Cc1cc(NS(=O)(=O)N(C)C)cc2c1N(C)C(=S)C2. The van der Waals surface area contributed by atoms with Crippen LogP contribution in [0.25, 0.3) is 0 Å². The molecule has 0 aliphatic carbocycles. The quantitative estimate of drug-likeness (QED) is 0.860. The van der Waals surface area contributed by atoms with Crippen LogP contribution in [0.1, 0.15) is 11.1 Å². The van der Waals surface area contributed by atoms with Crippen molar-refractivity contribution < 1.29 is 8.42 Å². The Morgan fingerprint density at radius 1 is 1.37 bits per heavy atom. The van der Waals surface area contributed by atoms with Gasteiger partial charge in [0.05, 0.1) is 10.7 Å². The average Bonchev–Trinajstić information content (AvgIpc) is 2.53. The smallest absolute Gasteiger partial charge is 0.301 e. The standard InChI is InChI=1S/C12H17N3O2S2/c1-8-5-10(13-19(16,17)14(2)3)6-9-7-11(18)15(4)12(8)9/h5-6,13H,7H2,1-4H3. The van der Waals surface area contributed by atoms with Crippen LogP contribution >= 0.6 is 12.2 Å². The van der Waals surface area contributed by atoms with Crippen molar-refractivity contribution in [2.75, 3.05) is 30.8 Å². The summed E-state index contributed by atoms with van der Waals surface area (Å²) >= 11 is 5.28. The molecule has 2 rings (SSSR count). The number of benzene rings is 1. The minimum atomic E-state index is -3.48. The molecule has 1 aliphatic rings. The van der Waals surface area contributed by atoms with Gasteiger partial charge in [0.2, 0.25) is 0 Å². The number of aryl methyl sites for hydroxylation is 1. The molecular weight excluding hydrogens is 282 g/mol. The topological polar surface area (TPSA) is 52.7 Å². The van der Waals surface area contributed by atoms with Gasteiger partial charge in [-0.3, -0.25) is 4.72 Å². The number of hydrogen-bond donors (Lipinski definition) is 1. The monoisotopic (exact) mass is 299 g/mol. The summed E-state index contributed by atoms with van der Waals surface area (Å²) in [6, 6.07) is 3.67. The minimum Gasteiger partial charge on any atom is -0.338 e. The fourth-order valence-corrected chi connectivity index (χ4v) is 3.02. The van der Waals surface area contributed by atoms with Gasteiger partial charge in [0.15, 0.2) is 0 Å². The van der Waals surface area contributed by atoms with Crippen LogP contribution < -0.4 is 9.62 Å². The van der Waals surface area contributed by atoms with Crippen LogP contribution in [0.2, 0.25) is 0 Å². The molecule has 1 aromatic rings. The van der Waals surface area contributed by atoms with Crippen molar-refractivity contribution in [1.29, 1.82) is 0 Å². The largest absolute Gasteiger partial charge is 0.338 e. The third kappa shape index (κ3) is 2.58. The molecule has 0 saturated heterocycles. The van der Waals surface area contributed by atoms with Crippen molar-refractivity contribution in [3.63, 3.8) is 0 Å².